The van der Waals surface area contributed by atoms with Gasteiger partial charge in [-0.05, 0) is 13.8 Å². The molecule has 4 nitrogen and oxygen atoms in total. The van der Waals surface area contributed by atoms with Crippen LogP contribution >= 0.6 is 11.3 Å². The van der Waals surface area contributed by atoms with Gasteiger partial charge in [-0.1, -0.05) is 11.3 Å². The normalized spacial score (nSPS) is 9.83. The fourth-order valence-electron chi connectivity index (χ4n) is 0.869. The van der Waals surface area contributed by atoms with Crippen molar-refractivity contribution >= 4 is 22.4 Å². The van der Waals surface area contributed by atoms with Gasteiger partial charge in [0.1, 0.15) is 4.88 Å². The third kappa shape index (κ3) is 1.73. The Bertz CT molecular complexity index is 295. The maximum Gasteiger partial charge on any atom is 0.263 e. The summed E-state index contributed by atoms with van der Waals surface area (Å²) in [5, 5.41) is 3.13. The second-order valence-electron chi connectivity index (χ2n) is 2.33. The van der Waals surface area contributed by atoms with Crippen molar-refractivity contribution < 1.29 is 4.79 Å². The Morgan fingerprint density at radius 2 is 2.42 bits per heavy atom. The molecule has 0 aliphatic rings. The highest BCUT2D eigenvalue weighted by Crippen LogP contribution is 2.18. The van der Waals surface area contributed by atoms with E-state index in [0.717, 1.165) is 0 Å². The minimum Gasteiger partial charge on any atom is -0.375 e. The second kappa shape index (κ2) is 3.53. The number of hydrogen-bond donors (Lipinski definition) is 2. The number of aromatic nitrogens is 1. The van der Waals surface area contributed by atoms with Gasteiger partial charge in [0, 0.05) is 6.54 Å². The monoisotopic (exact) mass is 185 g/mol. The smallest absolute Gasteiger partial charge is 0.263 e. The number of nitrogens with zero attached hydrogens (tertiary/aromatic N) is 1. The van der Waals surface area contributed by atoms with Gasteiger partial charge in [0.25, 0.3) is 5.91 Å². The molecule has 0 fully saturated rings. The van der Waals surface area contributed by atoms with Gasteiger partial charge in [-0.15, -0.1) is 0 Å². The van der Waals surface area contributed by atoms with Crippen molar-refractivity contribution in [1.29, 1.82) is 0 Å². The molecule has 0 saturated carbocycles. The number of hydrogen-bond acceptors (Lipinski definition) is 4. The Labute approximate surface area is 74.8 Å². The molecule has 0 aliphatic heterocycles. The summed E-state index contributed by atoms with van der Waals surface area (Å²) in [6.07, 6.45) is 0. The SMILES string of the molecule is CCNC(=O)c1sc(N)nc1C. The molecule has 5 heteroatoms. The van der Waals surface area contributed by atoms with Crippen molar-refractivity contribution in [3.05, 3.63) is 10.6 Å². The molecule has 0 aliphatic carbocycles. The number of amides is 1. The Hall–Kier alpha value is -1.10. The van der Waals surface area contributed by atoms with Gasteiger partial charge in [-0.2, -0.15) is 0 Å². The summed E-state index contributed by atoms with van der Waals surface area (Å²) >= 11 is 1.22. The first-order valence-electron chi connectivity index (χ1n) is 3.66. The highest BCUT2D eigenvalue weighted by atomic mass is 32.1. The number of nitrogens with two attached hydrogens (primary N) is 1. The molecule has 0 radical (unpaired) electrons. The van der Waals surface area contributed by atoms with E-state index in [1.807, 2.05) is 6.92 Å². The van der Waals surface area contributed by atoms with E-state index < -0.39 is 0 Å². The molecule has 0 spiro atoms. The Morgan fingerprint density at radius 1 is 1.75 bits per heavy atom. The zero-order chi connectivity index (χ0) is 9.14. The topological polar surface area (TPSA) is 68.0 Å². The third-order valence-corrected chi connectivity index (χ3v) is 2.34. The summed E-state index contributed by atoms with van der Waals surface area (Å²) < 4.78 is 0. The van der Waals surface area contributed by atoms with Crippen LogP contribution in [0.2, 0.25) is 0 Å². The Kier molecular flexibility index (Phi) is 2.65. The van der Waals surface area contributed by atoms with Gasteiger partial charge in [0.2, 0.25) is 0 Å². The van der Waals surface area contributed by atoms with Crippen molar-refractivity contribution in [2.24, 2.45) is 0 Å². The molecule has 0 bridgehead atoms. The quantitative estimate of drug-likeness (QED) is 0.715. The number of nitrogen functional groups attached to an aromatic ring is 1. The van der Waals surface area contributed by atoms with Gasteiger partial charge < -0.3 is 11.1 Å². The van der Waals surface area contributed by atoms with Crippen LogP contribution in [0.4, 0.5) is 5.13 Å². The van der Waals surface area contributed by atoms with Crippen molar-refractivity contribution in [1.82, 2.24) is 10.3 Å². The number of rotatable bonds is 2. The van der Waals surface area contributed by atoms with Gasteiger partial charge >= 0.3 is 0 Å². The molecule has 1 rings (SSSR count). The first-order chi connectivity index (χ1) is 5.65. The van der Waals surface area contributed by atoms with Crippen LogP contribution in [0.3, 0.4) is 0 Å². The lowest BCUT2D eigenvalue weighted by molar-refractivity contribution is 0.0959. The summed E-state index contributed by atoms with van der Waals surface area (Å²) in [4.78, 5) is 15.8. The van der Waals surface area contributed by atoms with E-state index in [2.05, 4.69) is 10.3 Å². The van der Waals surface area contributed by atoms with Crippen LogP contribution in [0.5, 0.6) is 0 Å². The fourth-order valence-corrected chi connectivity index (χ4v) is 1.62. The maximum absolute atomic E-state index is 11.3. The van der Waals surface area contributed by atoms with Crippen molar-refractivity contribution in [2.75, 3.05) is 12.3 Å². The first-order valence-corrected chi connectivity index (χ1v) is 4.48. The molecule has 0 aromatic carbocycles. The van der Waals surface area contributed by atoms with Crippen LogP contribution < -0.4 is 11.1 Å². The second-order valence-corrected chi connectivity index (χ2v) is 3.36. The van der Waals surface area contributed by atoms with Gasteiger partial charge in [-0.3, -0.25) is 4.79 Å². The maximum atomic E-state index is 11.3. The van der Waals surface area contributed by atoms with E-state index in [-0.39, 0.29) is 5.91 Å². The summed E-state index contributed by atoms with van der Waals surface area (Å²) in [7, 11) is 0. The number of carbonyl (C=O) groups excluding carboxylic acids is 1. The molecule has 66 valence electrons. The van der Waals surface area contributed by atoms with E-state index in [4.69, 9.17) is 5.73 Å². The average Bonchev–Trinajstić information content (AvgIpc) is 2.30. The molecule has 1 heterocycles. The van der Waals surface area contributed by atoms with Gasteiger partial charge in [-0.25, -0.2) is 4.98 Å². The molecule has 0 atom stereocenters. The van der Waals surface area contributed by atoms with Gasteiger partial charge in [0.15, 0.2) is 5.13 Å². The van der Waals surface area contributed by atoms with E-state index in [1.165, 1.54) is 11.3 Å². The van der Waals surface area contributed by atoms with E-state index in [1.54, 1.807) is 6.92 Å². The first kappa shape index (κ1) is 8.99. The summed E-state index contributed by atoms with van der Waals surface area (Å²) in [6.45, 7) is 4.27. The highest BCUT2D eigenvalue weighted by molar-refractivity contribution is 7.17. The number of nitrogens with one attached hydrogen (secondary N) is 1. The summed E-state index contributed by atoms with van der Waals surface area (Å²) in [5.74, 6) is -0.0933. The molecular weight excluding hydrogens is 174 g/mol. The van der Waals surface area contributed by atoms with Gasteiger partial charge in [0.05, 0.1) is 5.69 Å². The molecule has 0 saturated heterocycles. The van der Waals surface area contributed by atoms with Crippen LogP contribution in [0.1, 0.15) is 22.3 Å². The summed E-state index contributed by atoms with van der Waals surface area (Å²) in [6, 6.07) is 0. The van der Waals surface area contributed by atoms with Crippen molar-refractivity contribution in [3.8, 4) is 0 Å². The Morgan fingerprint density at radius 3 is 2.83 bits per heavy atom. The number of thiazole rings is 1. The van der Waals surface area contributed by atoms with E-state index >= 15 is 0 Å². The van der Waals surface area contributed by atoms with E-state index in [9.17, 15) is 4.79 Å². The molecule has 3 N–H and O–H groups in total. The number of aryl methyl sites for hydroxylation is 1. The predicted molar refractivity (Wildman–Crippen MR) is 49.3 cm³/mol. The standard InChI is InChI=1S/C7H11N3OS/c1-3-9-6(11)5-4(2)10-7(8)12-5/h3H2,1-2H3,(H2,8,10)(H,9,11). The molecule has 1 aromatic rings. The van der Waals surface area contributed by atoms with Crippen molar-refractivity contribution in [2.45, 2.75) is 13.8 Å². The molecule has 1 aromatic heterocycles. The Balaban J connectivity index is 2.87. The molecular formula is C7H11N3OS. The van der Waals surface area contributed by atoms with Crippen LogP contribution in [-0.4, -0.2) is 17.4 Å². The lowest BCUT2D eigenvalue weighted by Crippen LogP contribution is -2.22. The number of anilines is 1. The fraction of sp³-hybridized carbons (Fsp3) is 0.429. The van der Waals surface area contributed by atoms with Crippen LogP contribution in [0.25, 0.3) is 0 Å². The lowest BCUT2D eigenvalue weighted by atomic mass is 10.4. The molecule has 12 heavy (non-hydrogen) atoms. The van der Waals surface area contributed by atoms with E-state index in [0.29, 0.717) is 22.2 Å². The largest absolute Gasteiger partial charge is 0.375 e. The van der Waals surface area contributed by atoms with Crippen LogP contribution in [0.15, 0.2) is 0 Å². The van der Waals surface area contributed by atoms with Crippen molar-refractivity contribution in [3.63, 3.8) is 0 Å². The third-order valence-electron chi connectivity index (χ3n) is 1.36. The van der Waals surface area contributed by atoms with Crippen LogP contribution in [-0.2, 0) is 0 Å². The molecule has 1 amide bonds. The van der Waals surface area contributed by atoms with Crippen LogP contribution in [0, 0.1) is 6.92 Å². The predicted octanol–water partition coefficient (Wildman–Crippen LogP) is 0.783. The minimum absolute atomic E-state index is 0.0933. The average molecular weight is 185 g/mol. The zero-order valence-corrected chi connectivity index (χ0v) is 7.86. The highest BCUT2D eigenvalue weighted by Gasteiger charge is 2.12. The number of carbonyl (C=O) groups is 1. The molecule has 0 unspecified atom stereocenters. The summed E-state index contributed by atoms with van der Waals surface area (Å²) in [5.41, 5.74) is 6.14. The lowest BCUT2D eigenvalue weighted by Gasteiger charge is -1.97. The minimum atomic E-state index is -0.0933. The zero-order valence-electron chi connectivity index (χ0n) is 7.05.